The molecule has 0 radical (unpaired) electrons. The van der Waals surface area contributed by atoms with Crippen LogP contribution in [0.1, 0.15) is 154 Å². The maximum atomic E-state index is 6.00. The molecule has 0 saturated carbocycles. The van der Waals surface area contributed by atoms with Crippen LogP contribution in [0, 0.1) is 24.7 Å². The Labute approximate surface area is 259 Å². The molecule has 0 unspecified atom stereocenters. The Balaban J connectivity index is 1.39. The number of hydrogen-bond donors (Lipinski definition) is 0. The fraction of sp³-hybridized carbons (Fsp3) is 0.600. The third-order valence-corrected chi connectivity index (χ3v) is 8.06. The van der Waals surface area contributed by atoms with Crippen LogP contribution in [0.2, 0.25) is 0 Å². The molecule has 0 saturated heterocycles. The summed E-state index contributed by atoms with van der Waals surface area (Å²) in [7, 11) is 0. The Hall–Kier alpha value is -2.84. The average Bonchev–Trinajstić information content (AvgIpc) is 2.95. The molecule has 0 aliphatic carbocycles. The second kappa shape index (κ2) is 18.6. The molecular formula is C40H58O2. The van der Waals surface area contributed by atoms with Crippen LogP contribution in [-0.2, 0) is 10.8 Å². The van der Waals surface area contributed by atoms with E-state index in [0.717, 1.165) is 48.7 Å². The van der Waals surface area contributed by atoms with Crippen LogP contribution >= 0.6 is 0 Å². The van der Waals surface area contributed by atoms with Crippen LogP contribution in [0.15, 0.2) is 36.4 Å². The van der Waals surface area contributed by atoms with Crippen LogP contribution in [-0.4, -0.2) is 13.2 Å². The van der Waals surface area contributed by atoms with Crippen molar-refractivity contribution in [3.63, 3.8) is 0 Å². The highest BCUT2D eigenvalue weighted by Gasteiger charge is 2.16. The molecule has 0 amide bonds. The van der Waals surface area contributed by atoms with Crippen LogP contribution in [0.25, 0.3) is 0 Å². The van der Waals surface area contributed by atoms with Gasteiger partial charge in [-0.3, -0.25) is 0 Å². The number of unbranched alkanes of at least 4 members (excludes halogenated alkanes) is 13. The van der Waals surface area contributed by atoms with E-state index in [-0.39, 0.29) is 10.8 Å². The molecule has 2 rings (SSSR count). The smallest absolute Gasteiger partial charge is 0.134 e. The molecule has 0 N–H and O–H groups in total. The number of rotatable bonds is 19. The van der Waals surface area contributed by atoms with Gasteiger partial charge in [0.25, 0.3) is 0 Å². The van der Waals surface area contributed by atoms with Gasteiger partial charge in [-0.25, -0.2) is 0 Å². The van der Waals surface area contributed by atoms with Crippen molar-refractivity contribution < 1.29 is 9.47 Å². The molecule has 2 nitrogen and oxygen atoms in total. The van der Waals surface area contributed by atoms with E-state index in [0.29, 0.717) is 0 Å². The van der Waals surface area contributed by atoms with Gasteiger partial charge in [0.1, 0.15) is 11.5 Å². The minimum absolute atomic E-state index is 0.0930. The maximum Gasteiger partial charge on any atom is 0.134 e. The highest BCUT2D eigenvalue weighted by Crippen LogP contribution is 2.29. The summed E-state index contributed by atoms with van der Waals surface area (Å²) >= 11 is 0. The highest BCUT2D eigenvalue weighted by atomic mass is 16.5. The van der Waals surface area contributed by atoms with Gasteiger partial charge in [0.05, 0.1) is 24.3 Å². The first-order valence-electron chi connectivity index (χ1n) is 16.5. The van der Waals surface area contributed by atoms with Gasteiger partial charge in [-0.2, -0.15) is 0 Å². The highest BCUT2D eigenvalue weighted by molar-refractivity contribution is 5.49. The predicted octanol–water partition coefficient (Wildman–Crippen LogP) is 11.2. The summed E-state index contributed by atoms with van der Waals surface area (Å²) in [5, 5.41) is 0. The van der Waals surface area contributed by atoms with E-state index in [1.54, 1.807) is 0 Å². The van der Waals surface area contributed by atoms with Crippen molar-refractivity contribution >= 4 is 0 Å². The largest absolute Gasteiger partial charge is 0.492 e. The number of terminal acetylenes is 2. The first-order valence-corrected chi connectivity index (χ1v) is 16.5. The lowest BCUT2D eigenvalue weighted by atomic mass is 9.86. The van der Waals surface area contributed by atoms with Crippen LogP contribution in [0.4, 0.5) is 0 Å². The van der Waals surface area contributed by atoms with Crippen molar-refractivity contribution in [3.8, 4) is 36.2 Å². The lowest BCUT2D eigenvalue weighted by molar-refractivity contribution is 0.303. The normalized spacial score (nSPS) is 11.6. The molecule has 0 aliphatic rings. The molecule has 0 aliphatic heterocycles. The number of hydrogen-bond acceptors (Lipinski definition) is 2. The molecule has 2 aromatic carbocycles. The number of ether oxygens (including phenoxy) is 2. The van der Waals surface area contributed by atoms with Gasteiger partial charge in [0.2, 0.25) is 0 Å². The summed E-state index contributed by atoms with van der Waals surface area (Å²) in [5.41, 5.74) is 4.42. The first kappa shape index (κ1) is 35.4. The monoisotopic (exact) mass is 570 g/mol. The quantitative estimate of drug-likeness (QED) is 0.123. The van der Waals surface area contributed by atoms with Crippen molar-refractivity contribution in [3.05, 3.63) is 58.7 Å². The van der Waals surface area contributed by atoms with Crippen LogP contribution < -0.4 is 9.47 Å². The van der Waals surface area contributed by atoms with Crippen molar-refractivity contribution in [2.75, 3.05) is 13.2 Å². The summed E-state index contributed by atoms with van der Waals surface area (Å²) in [4.78, 5) is 0. The van der Waals surface area contributed by atoms with Crippen molar-refractivity contribution in [1.82, 2.24) is 0 Å². The molecule has 0 fully saturated rings. The van der Waals surface area contributed by atoms with Gasteiger partial charge in [-0.1, -0.05) is 143 Å². The second-order valence-electron chi connectivity index (χ2n) is 13.9. The zero-order valence-electron chi connectivity index (χ0n) is 27.7. The molecule has 2 aromatic rings. The zero-order chi connectivity index (χ0) is 30.8. The van der Waals surface area contributed by atoms with E-state index in [9.17, 15) is 0 Å². The van der Waals surface area contributed by atoms with Gasteiger partial charge in [-0.15, -0.1) is 12.8 Å². The van der Waals surface area contributed by atoms with Crippen molar-refractivity contribution in [2.24, 2.45) is 0 Å². The Morgan fingerprint density at radius 2 is 0.762 bits per heavy atom. The Morgan fingerprint density at radius 3 is 1.02 bits per heavy atom. The van der Waals surface area contributed by atoms with Gasteiger partial charge < -0.3 is 9.47 Å². The molecule has 230 valence electrons. The van der Waals surface area contributed by atoms with E-state index in [4.69, 9.17) is 22.3 Å². The summed E-state index contributed by atoms with van der Waals surface area (Å²) in [6.07, 6.45) is 29.6. The van der Waals surface area contributed by atoms with E-state index in [1.807, 2.05) is 12.1 Å². The lowest BCUT2D eigenvalue weighted by Gasteiger charge is -2.20. The fourth-order valence-corrected chi connectivity index (χ4v) is 5.16. The molecule has 2 heteroatoms. The Kier molecular flexibility index (Phi) is 15.7. The summed E-state index contributed by atoms with van der Waals surface area (Å²) < 4.78 is 12.0. The Bertz CT molecular complexity index is 1040. The SMILES string of the molecule is C#Cc1cc(C(C)(C)C)ccc1OCCCCCCCCCCCCCCCCOc1ccc(C(C)(C)C)cc1C#C. The molecule has 0 bridgehead atoms. The zero-order valence-corrected chi connectivity index (χ0v) is 27.7. The molecule has 0 atom stereocenters. The van der Waals surface area contributed by atoms with Crippen molar-refractivity contribution in [2.45, 2.75) is 142 Å². The third kappa shape index (κ3) is 13.4. The molecular weight excluding hydrogens is 512 g/mol. The minimum atomic E-state index is 0.0930. The molecule has 0 aromatic heterocycles. The average molecular weight is 571 g/mol. The van der Waals surface area contributed by atoms with E-state index >= 15 is 0 Å². The molecule has 42 heavy (non-hydrogen) atoms. The standard InChI is InChI=1S/C40H58O2/c1-9-33-31-35(39(3,4)5)25-27-37(33)41-29-23-21-19-17-15-13-11-12-14-16-18-20-22-24-30-42-38-28-26-36(40(6,7)8)32-34(38)10-2/h1-2,25-28,31-32H,11-24,29-30H2,3-8H3. The first-order chi connectivity index (χ1) is 20.1. The van der Waals surface area contributed by atoms with Gasteiger partial charge in [0, 0.05) is 0 Å². The fourth-order valence-electron chi connectivity index (χ4n) is 5.16. The van der Waals surface area contributed by atoms with E-state index in [2.05, 4.69) is 77.6 Å². The van der Waals surface area contributed by atoms with Gasteiger partial charge >= 0.3 is 0 Å². The molecule has 0 heterocycles. The molecule has 0 spiro atoms. The van der Waals surface area contributed by atoms with Crippen LogP contribution in [0.5, 0.6) is 11.5 Å². The number of benzene rings is 2. The van der Waals surface area contributed by atoms with Crippen LogP contribution in [0.3, 0.4) is 0 Å². The van der Waals surface area contributed by atoms with Crippen molar-refractivity contribution in [1.29, 1.82) is 0 Å². The summed E-state index contributed by atoms with van der Waals surface area (Å²) in [6.45, 7) is 14.7. The maximum absolute atomic E-state index is 6.00. The summed E-state index contributed by atoms with van der Waals surface area (Å²) in [6, 6.07) is 12.5. The topological polar surface area (TPSA) is 18.5 Å². The van der Waals surface area contributed by atoms with E-state index < -0.39 is 0 Å². The van der Waals surface area contributed by atoms with E-state index in [1.165, 1.54) is 88.2 Å². The Morgan fingerprint density at radius 1 is 0.476 bits per heavy atom. The van der Waals surface area contributed by atoms with Gasteiger partial charge in [0.15, 0.2) is 0 Å². The third-order valence-electron chi connectivity index (χ3n) is 8.06. The lowest BCUT2D eigenvalue weighted by Crippen LogP contribution is -2.11. The minimum Gasteiger partial charge on any atom is -0.492 e. The van der Waals surface area contributed by atoms with Gasteiger partial charge in [-0.05, 0) is 59.1 Å². The summed E-state index contributed by atoms with van der Waals surface area (Å²) in [5.74, 6) is 7.27. The predicted molar refractivity (Wildman–Crippen MR) is 182 cm³/mol. The second-order valence-corrected chi connectivity index (χ2v) is 13.9.